The maximum absolute atomic E-state index is 14.2. The van der Waals surface area contributed by atoms with Crippen LogP contribution >= 0.6 is 0 Å². The molecule has 1 heterocycles. The first kappa shape index (κ1) is 10.4. The van der Waals surface area contributed by atoms with Gasteiger partial charge in [-0.3, -0.25) is 0 Å². The summed E-state index contributed by atoms with van der Waals surface area (Å²) >= 11 is 0. The van der Waals surface area contributed by atoms with Crippen molar-refractivity contribution in [2.24, 2.45) is 11.7 Å². The number of alkyl halides is 1. The monoisotopic (exact) mass is 201 g/mol. The van der Waals surface area contributed by atoms with Crippen LogP contribution in [0.5, 0.6) is 0 Å². The highest BCUT2D eigenvalue weighted by Crippen LogP contribution is 2.40. The van der Waals surface area contributed by atoms with Crippen LogP contribution in [0, 0.1) is 5.92 Å². The van der Waals surface area contributed by atoms with Crippen molar-refractivity contribution in [3.05, 3.63) is 0 Å². The summed E-state index contributed by atoms with van der Waals surface area (Å²) < 4.78 is 19.5. The topological polar surface area (TPSA) is 35.2 Å². The lowest BCUT2D eigenvalue weighted by Crippen LogP contribution is -2.28. The quantitative estimate of drug-likeness (QED) is 0.742. The van der Waals surface area contributed by atoms with Gasteiger partial charge in [0, 0.05) is 19.3 Å². The Morgan fingerprint density at radius 2 is 2.00 bits per heavy atom. The average molecular weight is 201 g/mol. The molecule has 1 saturated carbocycles. The predicted molar refractivity (Wildman–Crippen MR) is 53.8 cm³/mol. The Balaban J connectivity index is 1.83. The first-order valence-electron chi connectivity index (χ1n) is 5.70. The lowest BCUT2D eigenvalue weighted by atomic mass is 9.86. The number of hydrogen-bond donors (Lipinski definition) is 1. The van der Waals surface area contributed by atoms with Crippen LogP contribution in [-0.2, 0) is 4.74 Å². The fourth-order valence-corrected chi connectivity index (χ4v) is 2.77. The summed E-state index contributed by atoms with van der Waals surface area (Å²) in [6, 6.07) is 0.0971. The molecular formula is C11H20FNO. The molecule has 82 valence electrons. The van der Waals surface area contributed by atoms with E-state index in [1.807, 2.05) is 0 Å². The van der Waals surface area contributed by atoms with Gasteiger partial charge in [0.2, 0.25) is 0 Å². The minimum atomic E-state index is -0.957. The van der Waals surface area contributed by atoms with E-state index in [1.54, 1.807) is 0 Å². The molecule has 2 N–H and O–H groups in total. The lowest BCUT2D eigenvalue weighted by Gasteiger charge is -2.28. The average Bonchev–Trinajstić information content (AvgIpc) is 2.47. The molecule has 2 atom stereocenters. The summed E-state index contributed by atoms with van der Waals surface area (Å²) in [6.45, 7) is 1.62. The van der Waals surface area contributed by atoms with E-state index in [1.165, 1.54) is 0 Å². The van der Waals surface area contributed by atoms with Gasteiger partial charge in [0.15, 0.2) is 0 Å². The molecule has 0 amide bonds. The molecule has 0 bridgehead atoms. The Bertz CT molecular complexity index is 194. The SMILES string of the molecule is NC1CCC(F)(CC2CCOCC2)C1. The second-order valence-electron chi connectivity index (χ2n) is 4.91. The Labute approximate surface area is 85.0 Å². The van der Waals surface area contributed by atoms with Crippen LogP contribution in [0.2, 0.25) is 0 Å². The van der Waals surface area contributed by atoms with E-state index in [4.69, 9.17) is 10.5 Å². The van der Waals surface area contributed by atoms with Gasteiger partial charge in [0.25, 0.3) is 0 Å². The van der Waals surface area contributed by atoms with Gasteiger partial charge in [0.05, 0.1) is 0 Å². The summed E-state index contributed by atoms with van der Waals surface area (Å²) in [5.74, 6) is 0.527. The number of rotatable bonds is 2. The second-order valence-corrected chi connectivity index (χ2v) is 4.91. The molecule has 0 aromatic rings. The molecule has 2 aliphatic rings. The van der Waals surface area contributed by atoms with Crippen LogP contribution in [-0.4, -0.2) is 24.9 Å². The number of hydrogen-bond acceptors (Lipinski definition) is 2. The molecule has 1 aliphatic heterocycles. The summed E-state index contributed by atoms with van der Waals surface area (Å²) in [4.78, 5) is 0. The minimum Gasteiger partial charge on any atom is -0.381 e. The minimum absolute atomic E-state index is 0.0971. The number of ether oxygens (including phenoxy) is 1. The van der Waals surface area contributed by atoms with Crippen LogP contribution in [0.15, 0.2) is 0 Å². The molecule has 1 saturated heterocycles. The molecule has 2 fully saturated rings. The second kappa shape index (κ2) is 4.15. The molecule has 0 spiro atoms. The molecule has 2 nitrogen and oxygen atoms in total. The highest BCUT2D eigenvalue weighted by atomic mass is 19.1. The van der Waals surface area contributed by atoms with Crippen LogP contribution < -0.4 is 5.73 Å². The van der Waals surface area contributed by atoms with Gasteiger partial charge in [-0.1, -0.05) is 0 Å². The molecule has 0 aromatic heterocycles. The third-order valence-electron chi connectivity index (χ3n) is 3.59. The molecule has 3 heteroatoms. The fourth-order valence-electron chi connectivity index (χ4n) is 2.77. The van der Waals surface area contributed by atoms with Gasteiger partial charge in [-0.2, -0.15) is 0 Å². The van der Waals surface area contributed by atoms with Gasteiger partial charge in [-0.15, -0.1) is 0 Å². The van der Waals surface area contributed by atoms with Crippen molar-refractivity contribution >= 4 is 0 Å². The standard InChI is InChI=1S/C11H20FNO/c12-11(4-1-10(13)8-11)7-9-2-5-14-6-3-9/h9-10H,1-8,13H2. The molecular weight excluding hydrogens is 181 g/mol. The summed E-state index contributed by atoms with van der Waals surface area (Å²) in [5.41, 5.74) is 4.79. The van der Waals surface area contributed by atoms with E-state index in [0.717, 1.165) is 32.5 Å². The van der Waals surface area contributed by atoms with Crippen LogP contribution in [0.3, 0.4) is 0 Å². The maximum Gasteiger partial charge on any atom is 0.112 e. The van der Waals surface area contributed by atoms with E-state index >= 15 is 0 Å². The van der Waals surface area contributed by atoms with Gasteiger partial charge in [0.1, 0.15) is 5.67 Å². The first-order valence-corrected chi connectivity index (χ1v) is 5.70. The fraction of sp³-hybridized carbons (Fsp3) is 1.00. The zero-order chi connectivity index (χ0) is 10.0. The van der Waals surface area contributed by atoms with Crippen molar-refractivity contribution in [1.29, 1.82) is 0 Å². The lowest BCUT2D eigenvalue weighted by molar-refractivity contribution is 0.0365. The Hall–Kier alpha value is -0.150. The smallest absolute Gasteiger partial charge is 0.112 e. The van der Waals surface area contributed by atoms with Crippen molar-refractivity contribution in [1.82, 2.24) is 0 Å². The van der Waals surface area contributed by atoms with Crippen molar-refractivity contribution in [2.45, 2.75) is 50.2 Å². The number of halogens is 1. The van der Waals surface area contributed by atoms with Gasteiger partial charge >= 0.3 is 0 Å². The third kappa shape index (κ3) is 2.45. The predicted octanol–water partition coefficient (Wildman–Crippen LogP) is 2.02. The number of nitrogens with two attached hydrogens (primary N) is 1. The van der Waals surface area contributed by atoms with Crippen molar-refractivity contribution < 1.29 is 9.13 Å². The van der Waals surface area contributed by atoms with Crippen molar-refractivity contribution in [3.8, 4) is 0 Å². The van der Waals surface area contributed by atoms with E-state index in [2.05, 4.69) is 0 Å². The Morgan fingerprint density at radius 3 is 2.57 bits per heavy atom. The molecule has 1 aliphatic carbocycles. The van der Waals surface area contributed by atoms with Gasteiger partial charge in [-0.25, -0.2) is 4.39 Å². The van der Waals surface area contributed by atoms with Crippen LogP contribution in [0.1, 0.15) is 38.5 Å². The van der Waals surface area contributed by atoms with E-state index in [-0.39, 0.29) is 6.04 Å². The largest absolute Gasteiger partial charge is 0.381 e. The summed E-state index contributed by atoms with van der Waals surface area (Å²) in [5, 5.41) is 0. The molecule has 14 heavy (non-hydrogen) atoms. The van der Waals surface area contributed by atoms with Crippen molar-refractivity contribution in [2.75, 3.05) is 13.2 Å². The van der Waals surface area contributed by atoms with Gasteiger partial charge in [-0.05, 0) is 44.4 Å². The Morgan fingerprint density at radius 1 is 1.29 bits per heavy atom. The molecule has 2 unspecified atom stereocenters. The van der Waals surface area contributed by atoms with Crippen LogP contribution in [0.4, 0.5) is 4.39 Å². The van der Waals surface area contributed by atoms with E-state index in [0.29, 0.717) is 25.2 Å². The molecule has 0 aromatic carbocycles. The maximum atomic E-state index is 14.2. The normalized spacial score (nSPS) is 40.3. The summed E-state index contributed by atoms with van der Waals surface area (Å²) in [6.07, 6.45) is 4.88. The zero-order valence-corrected chi connectivity index (χ0v) is 8.68. The van der Waals surface area contributed by atoms with E-state index < -0.39 is 5.67 Å². The van der Waals surface area contributed by atoms with Gasteiger partial charge < -0.3 is 10.5 Å². The zero-order valence-electron chi connectivity index (χ0n) is 8.68. The Kier molecular flexibility index (Phi) is 3.07. The van der Waals surface area contributed by atoms with Crippen molar-refractivity contribution in [3.63, 3.8) is 0 Å². The molecule has 0 radical (unpaired) electrons. The molecule has 2 rings (SSSR count). The first-order chi connectivity index (χ1) is 6.68. The summed E-state index contributed by atoms with van der Waals surface area (Å²) in [7, 11) is 0. The highest BCUT2D eigenvalue weighted by molar-refractivity contribution is 4.93. The van der Waals surface area contributed by atoms with E-state index in [9.17, 15) is 4.39 Å². The highest BCUT2D eigenvalue weighted by Gasteiger charge is 2.39. The van der Waals surface area contributed by atoms with Crippen LogP contribution in [0.25, 0.3) is 0 Å². The third-order valence-corrected chi connectivity index (χ3v) is 3.59.